The molecule has 1 fully saturated rings. The van der Waals surface area contributed by atoms with Crippen LogP contribution in [0.5, 0.6) is 5.75 Å². The number of aromatic nitrogens is 1. The summed E-state index contributed by atoms with van der Waals surface area (Å²) >= 11 is 0. The molecule has 0 saturated carbocycles. The van der Waals surface area contributed by atoms with E-state index in [-0.39, 0.29) is 5.41 Å². The number of nitrogens with one attached hydrogen (secondary N) is 1. The van der Waals surface area contributed by atoms with Crippen LogP contribution in [0.1, 0.15) is 19.4 Å². The van der Waals surface area contributed by atoms with E-state index >= 15 is 0 Å². The van der Waals surface area contributed by atoms with E-state index in [1.54, 1.807) is 7.11 Å². The molecule has 0 atom stereocenters. The first-order chi connectivity index (χ1) is 13.5. The molecule has 0 radical (unpaired) electrons. The van der Waals surface area contributed by atoms with Crippen LogP contribution in [0.3, 0.4) is 0 Å². The summed E-state index contributed by atoms with van der Waals surface area (Å²) in [6, 6.07) is 14.3. The molecule has 0 aliphatic carbocycles. The van der Waals surface area contributed by atoms with Gasteiger partial charge in [-0.1, -0.05) is 32.0 Å². The Labute approximate surface area is 168 Å². The van der Waals surface area contributed by atoms with Gasteiger partial charge in [0.25, 0.3) is 0 Å². The van der Waals surface area contributed by atoms with Crippen molar-refractivity contribution >= 4 is 11.8 Å². The number of anilines is 1. The molecule has 1 aliphatic heterocycles. The summed E-state index contributed by atoms with van der Waals surface area (Å²) in [6.45, 7) is 9.01. The number of aliphatic imine (C=N–C) groups is 1. The Morgan fingerprint density at radius 3 is 2.57 bits per heavy atom. The average molecular weight is 382 g/mol. The van der Waals surface area contributed by atoms with E-state index in [0.717, 1.165) is 50.3 Å². The summed E-state index contributed by atoms with van der Waals surface area (Å²) in [5, 5.41) is 3.57. The molecule has 0 spiro atoms. The summed E-state index contributed by atoms with van der Waals surface area (Å²) in [7, 11) is 3.56. The van der Waals surface area contributed by atoms with Crippen molar-refractivity contribution in [2.75, 3.05) is 51.8 Å². The molecular weight excluding hydrogens is 350 g/mol. The van der Waals surface area contributed by atoms with Crippen LogP contribution in [0.2, 0.25) is 0 Å². The van der Waals surface area contributed by atoms with Gasteiger partial charge in [0.2, 0.25) is 0 Å². The van der Waals surface area contributed by atoms with Crippen LogP contribution in [0, 0.1) is 0 Å². The number of methoxy groups -OCH3 is 1. The first-order valence-electron chi connectivity index (χ1n) is 9.79. The van der Waals surface area contributed by atoms with E-state index in [2.05, 4.69) is 57.1 Å². The maximum absolute atomic E-state index is 5.38. The molecule has 1 aliphatic rings. The Morgan fingerprint density at radius 2 is 1.93 bits per heavy atom. The lowest BCUT2D eigenvalue weighted by molar-refractivity contribution is 0.365. The number of nitrogens with zero attached hydrogens (tertiary/aromatic N) is 4. The van der Waals surface area contributed by atoms with E-state index < -0.39 is 0 Å². The third-order valence-electron chi connectivity index (χ3n) is 5.30. The molecule has 1 aromatic carbocycles. The zero-order valence-electron chi connectivity index (χ0n) is 17.4. The number of rotatable bonds is 5. The molecule has 3 rings (SSSR count). The topological polar surface area (TPSA) is 53.0 Å². The fraction of sp³-hybridized carbons (Fsp3) is 0.455. The number of hydrogen-bond donors (Lipinski definition) is 1. The molecular formula is C22H31N5O. The van der Waals surface area contributed by atoms with Crippen LogP contribution in [0.15, 0.2) is 53.7 Å². The van der Waals surface area contributed by atoms with Gasteiger partial charge >= 0.3 is 0 Å². The summed E-state index contributed by atoms with van der Waals surface area (Å²) in [4.78, 5) is 13.6. The molecule has 1 N–H and O–H groups in total. The highest BCUT2D eigenvalue weighted by molar-refractivity contribution is 5.80. The lowest BCUT2D eigenvalue weighted by Crippen LogP contribution is -2.54. The maximum Gasteiger partial charge on any atom is 0.193 e. The van der Waals surface area contributed by atoms with Crippen LogP contribution >= 0.6 is 0 Å². The molecule has 6 nitrogen and oxygen atoms in total. The van der Waals surface area contributed by atoms with Gasteiger partial charge in [0, 0.05) is 51.4 Å². The van der Waals surface area contributed by atoms with Crippen molar-refractivity contribution in [2.45, 2.75) is 19.3 Å². The first kappa shape index (κ1) is 20.0. The van der Waals surface area contributed by atoms with Crippen molar-refractivity contribution in [3.8, 4) is 5.75 Å². The van der Waals surface area contributed by atoms with E-state index in [0.29, 0.717) is 0 Å². The summed E-state index contributed by atoms with van der Waals surface area (Å²) in [6.07, 6.45) is 1.85. The lowest BCUT2D eigenvalue weighted by atomic mass is 9.84. The van der Waals surface area contributed by atoms with Gasteiger partial charge < -0.3 is 19.9 Å². The lowest BCUT2D eigenvalue weighted by Gasteiger charge is -2.38. The zero-order valence-corrected chi connectivity index (χ0v) is 17.4. The van der Waals surface area contributed by atoms with Crippen LogP contribution < -0.4 is 15.0 Å². The van der Waals surface area contributed by atoms with Gasteiger partial charge in [0.15, 0.2) is 5.96 Å². The van der Waals surface area contributed by atoms with E-state index in [1.165, 1.54) is 5.56 Å². The SMILES string of the molecule is CN=C(NCC(C)(C)c1cccc(OC)c1)N1CCN(c2ccccn2)CC1. The Hall–Kier alpha value is -2.76. The molecule has 0 unspecified atom stereocenters. The normalized spacial score (nSPS) is 15.5. The molecule has 28 heavy (non-hydrogen) atoms. The highest BCUT2D eigenvalue weighted by Gasteiger charge is 2.24. The van der Waals surface area contributed by atoms with Gasteiger partial charge in [-0.25, -0.2) is 4.98 Å². The van der Waals surface area contributed by atoms with Crippen molar-refractivity contribution in [3.63, 3.8) is 0 Å². The minimum atomic E-state index is -0.0414. The van der Waals surface area contributed by atoms with E-state index in [1.807, 2.05) is 37.5 Å². The molecule has 2 aromatic rings. The average Bonchev–Trinajstić information content (AvgIpc) is 2.75. The Kier molecular flexibility index (Phi) is 6.39. The van der Waals surface area contributed by atoms with Gasteiger partial charge in [-0.15, -0.1) is 0 Å². The van der Waals surface area contributed by atoms with Crippen LogP contribution in [0.25, 0.3) is 0 Å². The standard InChI is InChI=1S/C22H31N5O/c1-22(2,18-8-7-9-19(16-18)28-4)17-25-21(23-3)27-14-12-26(13-15-27)20-10-5-6-11-24-20/h5-11,16H,12-15,17H2,1-4H3,(H,23,25). The number of guanidine groups is 1. The molecule has 150 valence electrons. The quantitative estimate of drug-likeness (QED) is 0.638. The minimum Gasteiger partial charge on any atom is -0.497 e. The van der Waals surface area contributed by atoms with Gasteiger partial charge in [0.1, 0.15) is 11.6 Å². The molecule has 0 bridgehead atoms. The summed E-state index contributed by atoms with van der Waals surface area (Å²) < 4.78 is 5.38. The third-order valence-corrected chi connectivity index (χ3v) is 5.30. The van der Waals surface area contributed by atoms with Crippen molar-refractivity contribution in [3.05, 3.63) is 54.2 Å². The molecule has 2 heterocycles. The number of piperazine rings is 1. The van der Waals surface area contributed by atoms with Gasteiger partial charge in [-0.05, 0) is 29.8 Å². The number of ether oxygens (including phenoxy) is 1. The minimum absolute atomic E-state index is 0.0414. The second-order valence-electron chi connectivity index (χ2n) is 7.68. The summed E-state index contributed by atoms with van der Waals surface area (Å²) in [5.41, 5.74) is 1.20. The molecule has 6 heteroatoms. The fourth-order valence-electron chi connectivity index (χ4n) is 3.47. The smallest absolute Gasteiger partial charge is 0.193 e. The largest absolute Gasteiger partial charge is 0.497 e. The zero-order chi connectivity index (χ0) is 20.0. The highest BCUT2D eigenvalue weighted by atomic mass is 16.5. The monoisotopic (exact) mass is 381 g/mol. The third kappa shape index (κ3) is 4.74. The molecule has 1 aromatic heterocycles. The fourth-order valence-corrected chi connectivity index (χ4v) is 3.47. The van der Waals surface area contributed by atoms with Gasteiger partial charge in [-0.2, -0.15) is 0 Å². The van der Waals surface area contributed by atoms with Crippen LogP contribution in [-0.4, -0.2) is 62.7 Å². The highest BCUT2D eigenvalue weighted by Crippen LogP contribution is 2.26. The first-order valence-corrected chi connectivity index (χ1v) is 9.79. The van der Waals surface area contributed by atoms with E-state index in [4.69, 9.17) is 4.74 Å². The van der Waals surface area contributed by atoms with Gasteiger partial charge in [-0.3, -0.25) is 4.99 Å². The van der Waals surface area contributed by atoms with Crippen molar-refractivity contribution in [1.29, 1.82) is 0 Å². The number of pyridine rings is 1. The van der Waals surface area contributed by atoms with Crippen molar-refractivity contribution in [1.82, 2.24) is 15.2 Å². The maximum atomic E-state index is 5.38. The predicted octanol–water partition coefficient (Wildman–Crippen LogP) is 2.77. The Balaban J connectivity index is 1.57. The molecule has 0 amide bonds. The second-order valence-corrected chi connectivity index (χ2v) is 7.68. The van der Waals surface area contributed by atoms with E-state index in [9.17, 15) is 0 Å². The van der Waals surface area contributed by atoms with Gasteiger partial charge in [0.05, 0.1) is 7.11 Å². The Bertz CT molecular complexity index is 783. The predicted molar refractivity (Wildman–Crippen MR) is 115 cm³/mol. The van der Waals surface area contributed by atoms with Crippen molar-refractivity contribution < 1.29 is 4.74 Å². The molecule has 1 saturated heterocycles. The number of benzene rings is 1. The Morgan fingerprint density at radius 1 is 1.14 bits per heavy atom. The van der Waals surface area contributed by atoms with Crippen LogP contribution in [0.4, 0.5) is 5.82 Å². The second kappa shape index (κ2) is 8.95. The number of hydrogen-bond acceptors (Lipinski definition) is 4. The summed E-state index contributed by atoms with van der Waals surface area (Å²) in [5.74, 6) is 2.89. The van der Waals surface area contributed by atoms with Crippen LogP contribution in [-0.2, 0) is 5.41 Å². The van der Waals surface area contributed by atoms with Crippen molar-refractivity contribution in [2.24, 2.45) is 4.99 Å².